The SMILES string of the molecule is NC1=C(C(O)CCc2ccccc2)CNN1. The maximum absolute atomic E-state index is 9.96. The fourth-order valence-electron chi connectivity index (χ4n) is 1.83. The van der Waals surface area contributed by atoms with Gasteiger partial charge < -0.3 is 16.3 Å². The number of hydrogen-bond acceptors (Lipinski definition) is 4. The number of hydrazine groups is 1. The molecule has 1 unspecified atom stereocenters. The van der Waals surface area contributed by atoms with Crippen molar-refractivity contribution >= 4 is 0 Å². The molecule has 0 spiro atoms. The van der Waals surface area contributed by atoms with Crippen LogP contribution >= 0.6 is 0 Å². The van der Waals surface area contributed by atoms with E-state index >= 15 is 0 Å². The molecule has 0 fully saturated rings. The lowest BCUT2D eigenvalue weighted by atomic mass is 10.0. The highest BCUT2D eigenvalue weighted by molar-refractivity contribution is 5.21. The minimum Gasteiger partial charge on any atom is -0.389 e. The molecule has 0 aliphatic carbocycles. The average molecular weight is 219 g/mol. The van der Waals surface area contributed by atoms with Gasteiger partial charge in [-0.05, 0) is 18.4 Å². The third kappa shape index (κ3) is 2.53. The summed E-state index contributed by atoms with van der Waals surface area (Å²) in [6.07, 6.45) is 1.09. The Morgan fingerprint density at radius 1 is 1.31 bits per heavy atom. The molecule has 4 heteroatoms. The first-order chi connectivity index (χ1) is 7.77. The summed E-state index contributed by atoms with van der Waals surface area (Å²) in [7, 11) is 0. The summed E-state index contributed by atoms with van der Waals surface area (Å²) in [5.41, 5.74) is 13.5. The number of nitrogens with two attached hydrogens (primary N) is 1. The minimum atomic E-state index is -0.470. The number of hydrogen-bond donors (Lipinski definition) is 4. The first-order valence-corrected chi connectivity index (χ1v) is 5.47. The maximum atomic E-state index is 9.96. The zero-order chi connectivity index (χ0) is 11.4. The molecule has 0 aromatic heterocycles. The van der Waals surface area contributed by atoms with Crippen molar-refractivity contribution in [2.24, 2.45) is 5.73 Å². The van der Waals surface area contributed by atoms with Crippen LogP contribution in [-0.4, -0.2) is 17.8 Å². The molecule has 2 rings (SSSR count). The molecule has 0 saturated carbocycles. The Hall–Kier alpha value is -1.52. The van der Waals surface area contributed by atoms with Crippen LogP contribution in [-0.2, 0) is 6.42 Å². The molecule has 4 nitrogen and oxygen atoms in total. The van der Waals surface area contributed by atoms with Crippen LogP contribution in [0.5, 0.6) is 0 Å². The van der Waals surface area contributed by atoms with E-state index in [0.29, 0.717) is 18.8 Å². The predicted molar refractivity (Wildman–Crippen MR) is 63.1 cm³/mol. The molecule has 86 valence electrons. The zero-order valence-electron chi connectivity index (χ0n) is 9.11. The maximum Gasteiger partial charge on any atom is 0.114 e. The lowest BCUT2D eigenvalue weighted by Gasteiger charge is -2.11. The van der Waals surface area contributed by atoms with Crippen molar-refractivity contribution in [2.45, 2.75) is 18.9 Å². The van der Waals surface area contributed by atoms with Crippen LogP contribution in [0.2, 0.25) is 0 Å². The van der Waals surface area contributed by atoms with Gasteiger partial charge in [0.05, 0.1) is 6.10 Å². The van der Waals surface area contributed by atoms with E-state index in [9.17, 15) is 5.11 Å². The third-order valence-electron chi connectivity index (χ3n) is 2.80. The summed E-state index contributed by atoms with van der Waals surface area (Å²) in [5.74, 6) is 0.556. The van der Waals surface area contributed by atoms with Crippen molar-refractivity contribution in [1.29, 1.82) is 0 Å². The topological polar surface area (TPSA) is 70.3 Å². The van der Waals surface area contributed by atoms with Gasteiger partial charge in [-0.25, -0.2) is 5.43 Å². The summed E-state index contributed by atoms with van der Waals surface area (Å²) in [5, 5.41) is 9.96. The molecule has 1 aliphatic heterocycles. The third-order valence-corrected chi connectivity index (χ3v) is 2.80. The highest BCUT2D eigenvalue weighted by Crippen LogP contribution is 2.13. The summed E-state index contributed by atoms with van der Waals surface area (Å²) in [6.45, 7) is 0.613. The molecule has 16 heavy (non-hydrogen) atoms. The van der Waals surface area contributed by atoms with Crippen LogP contribution in [0.15, 0.2) is 41.7 Å². The van der Waals surface area contributed by atoms with Crippen LogP contribution in [0.4, 0.5) is 0 Å². The van der Waals surface area contributed by atoms with Crippen LogP contribution in [0.25, 0.3) is 0 Å². The standard InChI is InChI=1S/C12H17N3O/c13-12-10(8-14-15-12)11(16)7-6-9-4-2-1-3-5-9/h1-5,11,14-16H,6-8,13H2. The number of aryl methyl sites for hydroxylation is 1. The van der Waals surface area contributed by atoms with E-state index in [1.54, 1.807) is 0 Å². The van der Waals surface area contributed by atoms with Gasteiger partial charge in [0, 0.05) is 12.1 Å². The molecule has 1 aromatic rings. The number of nitrogens with one attached hydrogen (secondary N) is 2. The highest BCUT2D eigenvalue weighted by atomic mass is 16.3. The Morgan fingerprint density at radius 2 is 2.06 bits per heavy atom. The normalized spacial score (nSPS) is 17.3. The second-order valence-electron chi connectivity index (χ2n) is 3.96. The number of aliphatic hydroxyl groups is 1. The van der Waals surface area contributed by atoms with Crippen molar-refractivity contribution in [3.63, 3.8) is 0 Å². The van der Waals surface area contributed by atoms with Gasteiger partial charge >= 0.3 is 0 Å². The van der Waals surface area contributed by atoms with Crippen molar-refractivity contribution in [3.8, 4) is 0 Å². The summed E-state index contributed by atoms with van der Waals surface area (Å²) in [4.78, 5) is 0. The minimum absolute atomic E-state index is 0.470. The summed E-state index contributed by atoms with van der Waals surface area (Å²) < 4.78 is 0. The molecule has 1 heterocycles. The zero-order valence-corrected chi connectivity index (χ0v) is 9.11. The van der Waals surface area contributed by atoms with Crippen LogP contribution < -0.4 is 16.6 Å². The first-order valence-electron chi connectivity index (χ1n) is 5.47. The van der Waals surface area contributed by atoms with E-state index < -0.39 is 6.10 Å². The Morgan fingerprint density at radius 3 is 2.69 bits per heavy atom. The van der Waals surface area contributed by atoms with E-state index in [-0.39, 0.29) is 0 Å². The largest absolute Gasteiger partial charge is 0.389 e. The Bertz CT molecular complexity index is 375. The number of aliphatic hydroxyl groups excluding tert-OH is 1. The molecule has 1 atom stereocenters. The monoisotopic (exact) mass is 219 g/mol. The van der Waals surface area contributed by atoms with Crippen molar-refractivity contribution in [2.75, 3.05) is 6.54 Å². The Labute approximate surface area is 95.1 Å². The Balaban J connectivity index is 1.89. The second-order valence-corrected chi connectivity index (χ2v) is 3.96. The molecule has 0 amide bonds. The molecular weight excluding hydrogens is 202 g/mol. The fourth-order valence-corrected chi connectivity index (χ4v) is 1.83. The van der Waals surface area contributed by atoms with E-state index in [0.717, 1.165) is 12.0 Å². The van der Waals surface area contributed by atoms with Gasteiger partial charge in [0.2, 0.25) is 0 Å². The molecule has 0 bridgehead atoms. The number of benzene rings is 1. The summed E-state index contributed by atoms with van der Waals surface area (Å²) >= 11 is 0. The van der Waals surface area contributed by atoms with Crippen LogP contribution in [0, 0.1) is 0 Å². The quantitative estimate of drug-likeness (QED) is 0.586. The molecule has 0 radical (unpaired) electrons. The van der Waals surface area contributed by atoms with E-state index in [1.165, 1.54) is 5.56 Å². The van der Waals surface area contributed by atoms with Gasteiger partial charge in [-0.2, -0.15) is 0 Å². The smallest absolute Gasteiger partial charge is 0.114 e. The van der Waals surface area contributed by atoms with Crippen molar-refractivity contribution in [3.05, 3.63) is 47.3 Å². The molecule has 0 saturated heterocycles. The molecule has 1 aromatic carbocycles. The van der Waals surface area contributed by atoms with Crippen molar-refractivity contribution in [1.82, 2.24) is 10.9 Å². The van der Waals surface area contributed by atoms with E-state index in [1.807, 2.05) is 18.2 Å². The fraction of sp³-hybridized carbons (Fsp3) is 0.333. The van der Waals surface area contributed by atoms with Crippen LogP contribution in [0.3, 0.4) is 0 Å². The molecule has 1 aliphatic rings. The number of rotatable bonds is 4. The Kier molecular flexibility index (Phi) is 3.44. The van der Waals surface area contributed by atoms with E-state index in [4.69, 9.17) is 5.73 Å². The van der Waals surface area contributed by atoms with Gasteiger partial charge in [-0.1, -0.05) is 30.3 Å². The molecular formula is C12H17N3O. The lowest BCUT2D eigenvalue weighted by Crippen LogP contribution is -2.26. The lowest BCUT2D eigenvalue weighted by molar-refractivity contribution is 0.198. The van der Waals surface area contributed by atoms with Gasteiger partial charge in [0.25, 0.3) is 0 Å². The highest BCUT2D eigenvalue weighted by Gasteiger charge is 2.18. The van der Waals surface area contributed by atoms with Gasteiger partial charge in [-0.15, -0.1) is 0 Å². The van der Waals surface area contributed by atoms with E-state index in [2.05, 4.69) is 23.0 Å². The first kappa shape index (κ1) is 11.0. The summed E-state index contributed by atoms with van der Waals surface area (Å²) in [6, 6.07) is 10.1. The van der Waals surface area contributed by atoms with Crippen LogP contribution in [0.1, 0.15) is 12.0 Å². The average Bonchev–Trinajstić information content (AvgIpc) is 2.74. The van der Waals surface area contributed by atoms with Gasteiger partial charge in [-0.3, -0.25) is 0 Å². The van der Waals surface area contributed by atoms with Crippen molar-refractivity contribution < 1.29 is 5.11 Å². The molecule has 5 N–H and O–H groups in total. The predicted octanol–water partition coefficient (Wildman–Crippen LogP) is 0.258. The second kappa shape index (κ2) is 5.01. The van der Waals surface area contributed by atoms with Gasteiger partial charge in [0.15, 0.2) is 0 Å². The van der Waals surface area contributed by atoms with Gasteiger partial charge in [0.1, 0.15) is 5.82 Å².